The van der Waals surface area contributed by atoms with Crippen LogP contribution in [0.4, 0.5) is 11.4 Å². The molecule has 3 aliphatic rings. The summed E-state index contributed by atoms with van der Waals surface area (Å²) in [6.07, 6.45) is 30.2. The number of hydrogen-bond acceptors (Lipinski definition) is 1. The van der Waals surface area contributed by atoms with E-state index >= 15 is 0 Å². The summed E-state index contributed by atoms with van der Waals surface area (Å²) >= 11 is 0. The maximum atomic E-state index is 6.28. The van der Waals surface area contributed by atoms with Crippen LogP contribution in [0.15, 0.2) is 150 Å². The Morgan fingerprint density at radius 2 is 1.66 bits per heavy atom. The van der Waals surface area contributed by atoms with Crippen LogP contribution in [0.25, 0.3) is 22.8 Å². The maximum Gasteiger partial charge on any atom is 0.104 e. The molecule has 50 heavy (non-hydrogen) atoms. The Balaban J connectivity index is 1.24. The van der Waals surface area contributed by atoms with E-state index in [4.69, 9.17) is 6.42 Å². The summed E-state index contributed by atoms with van der Waals surface area (Å²) in [5.74, 6) is 3.47. The van der Waals surface area contributed by atoms with E-state index in [0.717, 1.165) is 48.3 Å². The monoisotopic (exact) mass is 649 g/mol. The Labute approximate surface area is 299 Å². The van der Waals surface area contributed by atoms with Crippen LogP contribution in [0.5, 0.6) is 0 Å². The topological polar surface area (TPSA) is 3.24 Å². The summed E-state index contributed by atoms with van der Waals surface area (Å²) in [5, 5.41) is 0. The molecule has 1 unspecified atom stereocenters. The summed E-state index contributed by atoms with van der Waals surface area (Å²) in [5.41, 5.74) is 17.7. The number of nitrogens with zero attached hydrogens (tertiary/aromatic N) is 1. The first-order valence-corrected chi connectivity index (χ1v) is 18.4. The van der Waals surface area contributed by atoms with Gasteiger partial charge in [-0.2, -0.15) is 0 Å². The Bertz CT molecular complexity index is 2100. The molecule has 1 atom stereocenters. The van der Waals surface area contributed by atoms with Crippen LogP contribution in [-0.2, 0) is 6.42 Å². The number of hydrogen-bond donors (Lipinski definition) is 0. The van der Waals surface area contributed by atoms with Crippen molar-refractivity contribution in [3.05, 3.63) is 178 Å². The second-order valence-corrected chi connectivity index (χ2v) is 13.8. The van der Waals surface area contributed by atoms with Crippen molar-refractivity contribution < 1.29 is 0 Å². The van der Waals surface area contributed by atoms with E-state index in [0.29, 0.717) is 5.92 Å². The first kappa shape index (κ1) is 33.2. The van der Waals surface area contributed by atoms with Crippen LogP contribution in [0, 0.1) is 19.3 Å². The van der Waals surface area contributed by atoms with Gasteiger partial charge in [0, 0.05) is 16.8 Å². The molecule has 1 nitrogen and oxygen atoms in total. The van der Waals surface area contributed by atoms with Crippen molar-refractivity contribution in [1.29, 1.82) is 0 Å². The molecule has 0 amide bonds. The van der Waals surface area contributed by atoms with Gasteiger partial charge in [-0.05, 0) is 127 Å². The predicted molar refractivity (Wildman–Crippen MR) is 215 cm³/mol. The summed E-state index contributed by atoms with van der Waals surface area (Å²) in [4.78, 5) is 2.26. The van der Waals surface area contributed by atoms with Gasteiger partial charge in [-0.3, -0.25) is 0 Å². The van der Waals surface area contributed by atoms with E-state index in [1.165, 1.54) is 69.4 Å². The zero-order valence-corrected chi connectivity index (χ0v) is 29.8. The van der Waals surface area contributed by atoms with Gasteiger partial charge < -0.3 is 4.90 Å². The fourth-order valence-electron chi connectivity index (χ4n) is 7.70. The fourth-order valence-corrected chi connectivity index (χ4v) is 7.70. The Kier molecular flexibility index (Phi) is 10.00. The average molecular weight is 650 g/mol. The number of benzene rings is 4. The zero-order valence-electron chi connectivity index (χ0n) is 29.8. The number of para-hydroxylation sites is 1. The molecule has 0 saturated heterocycles. The summed E-state index contributed by atoms with van der Waals surface area (Å²) in [6, 6.07) is 33.4. The molecular weight excluding hydrogens is 603 g/mol. The van der Waals surface area contributed by atoms with Crippen molar-refractivity contribution in [2.45, 2.75) is 71.6 Å². The highest BCUT2D eigenvalue weighted by Gasteiger charge is 2.25. The van der Waals surface area contributed by atoms with Crippen LogP contribution in [0.3, 0.4) is 0 Å². The van der Waals surface area contributed by atoms with Crippen molar-refractivity contribution in [3.8, 4) is 23.5 Å². The lowest BCUT2D eigenvalue weighted by molar-refractivity contribution is 0.666. The molecule has 1 saturated carbocycles. The quantitative estimate of drug-likeness (QED) is 0.163. The molecule has 7 rings (SSSR count). The first-order valence-electron chi connectivity index (χ1n) is 18.4. The normalized spacial score (nSPS) is 16.1. The van der Waals surface area contributed by atoms with Crippen LogP contribution < -0.4 is 4.90 Å². The molecule has 0 spiro atoms. The number of rotatable bonds is 9. The second-order valence-electron chi connectivity index (χ2n) is 13.8. The number of allylic oxidation sites excluding steroid dienone is 11. The first-order chi connectivity index (χ1) is 24.6. The van der Waals surface area contributed by atoms with E-state index < -0.39 is 0 Å². The Morgan fingerprint density at radius 1 is 0.880 bits per heavy atom. The summed E-state index contributed by atoms with van der Waals surface area (Å²) in [7, 11) is 0. The Hall–Kier alpha value is -5.32. The third-order valence-electron chi connectivity index (χ3n) is 10.6. The Morgan fingerprint density at radius 3 is 2.34 bits per heavy atom. The van der Waals surface area contributed by atoms with Gasteiger partial charge >= 0.3 is 0 Å². The van der Waals surface area contributed by atoms with Crippen molar-refractivity contribution in [3.63, 3.8) is 0 Å². The smallest absolute Gasteiger partial charge is 0.104 e. The molecule has 1 heteroatoms. The van der Waals surface area contributed by atoms with Crippen molar-refractivity contribution in [2.75, 3.05) is 4.90 Å². The molecule has 1 heterocycles. The van der Waals surface area contributed by atoms with Gasteiger partial charge in [-0.15, -0.1) is 6.42 Å². The van der Waals surface area contributed by atoms with Crippen LogP contribution >= 0.6 is 0 Å². The number of anilines is 2. The summed E-state index contributed by atoms with van der Waals surface area (Å²) in [6.45, 7) is 6.65. The van der Waals surface area contributed by atoms with E-state index in [1.807, 2.05) is 6.92 Å². The molecule has 0 aromatic heterocycles. The minimum atomic E-state index is 0.425. The zero-order chi connectivity index (χ0) is 34.5. The molecule has 1 aliphatic heterocycles. The lowest BCUT2D eigenvalue weighted by atomic mass is 9.80. The molecule has 4 aromatic rings. The largest absolute Gasteiger partial charge is 0.302 e. The third kappa shape index (κ3) is 6.64. The highest BCUT2D eigenvalue weighted by atomic mass is 15.2. The predicted octanol–water partition coefficient (Wildman–Crippen LogP) is 13.2. The van der Waals surface area contributed by atoms with Gasteiger partial charge in [-0.1, -0.05) is 134 Å². The SMILES string of the molecule is C#CC1=C(/C=C\C)C=Cc2c(ccc(CCC(C)c3ccc(C(C4=CCCC=C4)=C4CCC4)cc3)c2-c2ccccc2C)N1c1ccccc1. The molecule has 248 valence electrons. The van der Waals surface area contributed by atoms with Gasteiger partial charge in [0.25, 0.3) is 0 Å². The van der Waals surface area contributed by atoms with Crippen LogP contribution in [-0.4, -0.2) is 0 Å². The van der Waals surface area contributed by atoms with Gasteiger partial charge in [0.15, 0.2) is 0 Å². The molecule has 4 aromatic carbocycles. The van der Waals surface area contributed by atoms with Crippen LogP contribution in [0.2, 0.25) is 0 Å². The molecule has 1 fully saturated rings. The van der Waals surface area contributed by atoms with Gasteiger partial charge in [-0.25, -0.2) is 0 Å². The lowest BCUT2D eigenvalue weighted by Gasteiger charge is -2.29. The van der Waals surface area contributed by atoms with Crippen molar-refractivity contribution in [1.82, 2.24) is 0 Å². The van der Waals surface area contributed by atoms with E-state index in [-0.39, 0.29) is 0 Å². The molecule has 0 radical (unpaired) electrons. The summed E-state index contributed by atoms with van der Waals surface area (Å²) < 4.78 is 0. The fraction of sp³-hybridized carbons (Fsp3) is 0.224. The van der Waals surface area contributed by atoms with Crippen molar-refractivity contribution >= 4 is 23.0 Å². The third-order valence-corrected chi connectivity index (χ3v) is 10.6. The molecule has 0 N–H and O–H groups in total. The standard InChI is InChI=1S/C49H47N/c1-5-16-38-31-33-45-47(50(46(38)6-2)43-22-11-8-12-23-43)34-32-42(49(45)44-24-14-13-17-36(44)4)26-25-35(3)37-27-29-41(30-28-37)48(40-20-15-21-40)39-18-9-7-10-19-39/h2,5,8-9,11-14,16-19,22-24,27-35H,7,10,15,20-21,25-26H2,1,3-4H3/b16-5-. The molecule has 0 bridgehead atoms. The van der Waals surface area contributed by atoms with Gasteiger partial charge in [0.2, 0.25) is 0 Å². The number of aryl methyl sites for hydroxylation is 2. The molecular formula is C49H47N. The van der Waals surface area contributed by atoms with Crippen LogP contribution in [0.1, 0.15) is 86.1 Å². The van der Waals surface area contributed by atoms with E-state index in [1.54, 1.807) is 5.57 Å². The highest BCUT2D eigenvalue weighted by molar-refractivity contribution is 5.92. The number of terminal acetylenes is 1. The average Bonchev–Trinajstić information content (AvgIpc) is 3.29. The van der Waals surface area contributed by atoms with E-state index in [2.05, 4.69) is 158 Å². The van der Waals surface area contributed by atoms with Gasteiger partial charge in [0.05, 0.1) is 5.69 Å². The maximum absolute atomic E-state index is 6.28. The van der Waals surface area contributed by atoms with E-state index in [9.17, 15) is 0 Å². The van der Waals surface area contributed by atoms with Crippen molar-refractivity contribution in [2.24, 2.45) is 0 Å². The molecule has 2 aliphatic carbocycles. The second kappa shape index (κ2) is 15.1. The highest BCUT2D eigenvalue weighted by Crippen LogP contribution is 2.44. The number of fused-ring (bicyclic) bond motifs is 1. The lowest BCUT2D eigenvalue weighted by Crippen LogP contribution is -2.17. The van der Waals surface area contributed by atoms with Gasteiger partial charge in [0.1, 0.15) is 5.70 Å². The minimum absolute atomic E-state index is 0.425. The minimum Gasteiger partial charge on any atom is -0.302 e.